The van der Waals surface area contributed by atoms with Crippen LogP contribution >= 0.6 is 15.9 Å². The second kappa shape index (κ2) is 14.9. The summed E-state index contributed by atoms with van der Waals surface area (Å²) in [5.41, 5.74) is 4.27. The van der Waals surface area contributed by atoms with Crippen LogP contribution < -0.4 is 15.6 Å². The number of hydrogen-bond donors (Lipinski definition) is 3. The molecule has 0 saturated heterocycles. The number of rotatable bonds is 13. The van der Waals surface area contributed by atoms with Crippen molar-refractivity contribution in [1.29, 1.82) is 0 Å². The Hall–Kier alpha value is -3.87. The van der Waals surface area contributed by atoms with E-state index < -0.39 is 40.8 Å². The minimum atomic E-state index is -1.65. The lowest BCUT2D eigenvalue weighted by Gasteiger charge is -2.31. The molecule has 1 aliphatic rings. The van der Waals surface area contributed by atoms with E-state index in [1.54, 1.807) is 69.3 Å². The standard InChI is InChI=1S/C33H36BrF2N3O6/c1-32(2,3)45-28(41)15-16-33(31(42)39-37-20-23-7-12-25(35)19-27(23)36)29(21-5-10-24(34)11-6-21)44-30(38-33)22-8-13-26(14-9-22)43-18-4-17-40/h5-14,19,29,37,40H,4,15-18,20H2,1-3H3,(H,39,42)/t29-,33-/m0/s1. The molecule has 1 heterocycles. The highest BCUT2D eigenvalue weighted by Crippen LogP contribution is 2.43. The first-order valence-corrected chi connectivity index (χ1v) is 15.2. The van der Waals surface area contributed by atoms with Crippen LogP contribution in [0.2, 0.25) is 0 Å². The smallest absolute Gasteiger partial charge is 0.306 e. The van der Waals surface area contributed by atoms with Gasteiger partial charge in [0.1, 0.15) is 23.0 Å². The summed E-state index contributed by atoms with van der Waals surface area (Å²) in [6.07, 6.45) is -0.689. The van der Waals surface area contributed by atoms with Crippen LogP contribution in [-0.2, 0) is 25.6 Å². The van der Waals surface area contributed by atoms with E-state index in [9.17, 15) is 18.4 Å². The molecule has 4 rings (SSSR count). The van der Waals surface area contributed by atoms with Gasteiger partial charge in [0.2, 0.25) is 5.90 Å². The van der Waals surface area contributed by atoms with Crippen molar-refractivity contribution in [3.05, 3.63) is 99.5 Å². The number of carbonyl (C=O) groups excluding carboxylic acids is 2. The van der Waals surface area contributed by atoms with E-state index in [-0.39, 0.29) is 37.5 Å². The van der Waals surface area contributed by atoms with E-state index in [2.05, 4.69) is 26.8 Å². The van der Waals surface area contributed by atoms with Crippen LogP contribution in [0.15, 0.2) is 76.2 Å². The molecule has 0 radical (unpaired) electrons. The van der Waals surface area contributed by atoms with Gasteiger partial charge < -0.3 is 19.3 Å². The van der Waals surface area contributed by atoms with Crippen molar-refractivity contribution in [2.45, 2.75) is 63.8 Å². The second-order valence-corrected chi connectivity index (χ2v) is 12.4. The zero-order valence-electron chi connectivity index (χ0n) is 25.2. The predicted octanol–water partition coefficient (Wildman–Crippen LogP) is 5.69. The molecule has 9 nitrogen and oxygen atoms in total. The molecule has 0 saturated carbocycles. The predicted molar refractivity (Wildman–Crippen MR) is 167 cm³/mol. The van der Waals surface area contributed by atoms with Crippen LogP contribution in [0.4, 0.5) is 8.78 Å². The first-order chi connectivity index (χ1) is 21.4. The SMILES string of the molecule is CC(C)(C)OC(=O)CC[C@]1(C(=O)NNCc2ccc(F)cc2F)N=C(c2ccc(OCCCO)cc2)O[C@H]1c1ccc(Br)cc1. The minimum Gasteiger partial charge on any atom is -0.494 e. The fraction of sp³-hybridized carbons (Fsp3) is 0.364. The Balaban J connectivity index is 1.68. The van der Waals surface area contributed by atoms with Crippen molar-refractivity contribution in [3.63, 3.8) is 0 Å². The number of amides is 1. The Morgan fingerprint density at radius 1 is 1.07 bits per heavy atom. The highest BCUT2D eigenvalue weighted by Gasteiger charge is 2.53. The number of nitrogens with zero attached hydrogens (tertiary/aromatic N) is 1. The number of hydrazine groups is 1. The maximum atomic E-state index is 14.3. The Morgan fingerprint density at radius 3 is 2.42 bits per heavy atom. The van der Waals surface area contributed by atoms with E-state index in [0.29, 0.717) is 29.9 Å². The maximum Gasteiger partial charge on any atom is 0.306 e. The molecule has 1 aliphatic heterocycles. The summed E-state index contributed by atoms with van der Waals surface area (Å²) in [6, 6.07) is 17.3. The topological polar surface area (TPSA) is 118 Å². The van der Waals surface area contributed by atoms with E-state index in [0.717, 1.165) is 16.6 Å². The largest absolute Gasteiger partial charge is 0.494 e. The van der Waals surface area contributed by atoms with E-state index in [1.165, 1.54) is 6.07 Å². The molecule has 0 unspecified atom stereocenters. The average molecular weight is 689 g/mol. The van der Waals surface area contributed by atoms with E-state index in [4.69, 9.17) is 24.3 Å². The molecule has 3 N–H and O–H groups in total. The van der Waals surface area contributed by atoms with Gasteiger partial charge in [-0.3, -0.25) is 15.0 Å². The molecule has 0 bridgehead atoms. The fourth-order valence-corrected chi connectivity index (χ4v) is 4.95. The number of nitrogens with one attached hydrogen (secondary N) is 2. The lowest BCUT2D eigenvalue weighted by Crippen LogP contribution is -2.52. The van der Waals surface area contributed by atoms with Gasteiger partial charge in [-0.1, -0.05) is 34.1 Å². The molecule has 2 atom stereocenters. The third kappa shape index (κ3) is 9.09. The summed E-state index contributed by atoms with van der Waals surface area (Å²) < 4.78 is 46.0. The van der Waals surface area contributed by atoms with Crippen molar-refractivity contribution in [2.24, 2.45) is 4.99 Å². The number of hydrogen-bond acceptors (Lipinski definition) is 8. The van der Waals surface area contributed by atoms with Gasteiger partial charge >= 0.3 is 5.97 Å². The third-order valence-electron chi connectivity index (χ3n) is 6.83. The summed E-state index contributed by atoms with van der Waals surface area (Å²) in [5, 5.41) is 9.02. The second-order valence-electron chi connectivity index (χ2n) is 11.5. The number of halogens is 3. The van der Waals surface area contributed by atoms with Crippen molar-refractivity contribution < 1.29 is 37.7 Å². The number of benzene rings is 3. The lowest BCUT2D eigenvalue weighted by molar-refractivity contribution is -0.155. The molecule has 0 fully saturated rings. The molecular formula is C33H36BrF2N3O6. The van der Waals surface area contributed by atoms with Crippen LogP contribution in [0, 0.1) is 11.6 Å². The Bertz CT molecular complexity index is 1510. The average Bonchev–Trinajstić information content (AvgIpc) is 3.38. The van der Waals surface area contributed by atoms with Crippen molar-refractivity contribution in [1.82, 2.24) is 10.9 Å². The van der Waals surface area contributed by atoms with E-state index >= 15 is 0 Å². The normalized spacial score (nSPS) is 17.8. The Morgan fingerprint density at radius 2 is 1.78 bits per heavy atom. The van der Waals surface area contributed by atoms with Crippen molar-refractivity contribution in [3.8, 4) is 5.75 Å². The van der Waals surface area contributed by atoms with Crippen LogP contribution in [0.5, 0.6) is 5.75 Å². The Kier molecular flexibility index (Phi) is 11.3. The van der Waals surface area contributed by atoms with Gasteiger partial charge in [0.05, 0.1) is 6.61 Å². The van der Waals surface area contributed by atoms with Gasteiger partial charge in [0, 0.05) is 47.7 Å². The highest BCUT2D eigenvalue weighted by atomic mass is 79.9. The van der Waals surface area contributed by atoms with E-state index in [1.807, 2.05) is 0 Å². The minimum absolute atomic E-state index is 0.0152. The molecule has 240 valence electrons. The third-order valence-corrected chi connectivity index (χ3v) is 7.36. The van der Waals surface area contributed by atoms with Gasteiger partial charge in [-0.25, -0.2) is 19.2 Å². The summed E-state index contributed by atoms with van der Waals surface area (Å²) in [6.45, 7) is 5.48. The Labute approximate surface area is 269 Å². The molecule has 3 aromatic carbocycles. The zero-order valence-corrected chi connectivity index (χ0v) is 26.8. The molecule has 0 aliphatic carbocycles. The number of ether oxygens (including phenoxy) is 3. The molecular weight excluding hydrogens is 652 g/mol. The van der Waals surface area contributed by atoms with Crippen LogP contribution in [-0.4, -0.2) is 47.2 Å². The molecule has 45 heavy (non-hydrogen) atoms. The van der Waals surface area contributed by atoms with Crippen LogP contribution in [0.25, 0.3) is 0 Å². The molecule has 3 aromatic rings. The van der Waals surface area contributed by atoms with Gasteiger partial charge in [0.25, 0.3) is 5.91 Å². The summed E-state index contributed by atoms with van der Waals surface area (Å²) in [5.74, 6) is -1.86. The number of aliphatic hydroxyl groups excluding tert-OH is 1. The van der Waals surface area contributed by atoms with Crippen LogP contribution in [0.1, 0.15) is 62.8 Å². The fourth-order valence-electron chi connectivity index (χ4n) is 4.69. The monoisotopic (exact) mass is 687 g/mol. The first kappa shape index (κ1) is 34.0. The highest BCUT2D eigenvalue weighted by molar-refractivity contribution is 9.10. The molecule has 12 heteroatoms. The van der Waals surface area contributed by atoms with Gasteiger partial charge in [-0.05, 0) is 75.2 Å². The van der Waals surface area contributed by atoms with Crippen LogP contribution in [0.3, 0.4) is 0 Å². The number of carbonyl (C=O) groups is 2. The van der Waals surface area contributed by atoms with Gasteiger partial charge in [-0.15, -0.1) is 0 Å². The first-order valence-electron chi connectivity index (χ1n) is 14.5. The van der Waals surface area contributed by atoms with Crippen molar-refractivity contribution in [2.75, 3.05) is 13.2 Å². The number of esters is 1. The van der Waals surface area contributed by atoms with Crippen molar-refractivity contribution >= 4 is 33.7 Å². The lowest BCUT2D eigenvalue weighted by atomic mass is 9.83. The zero-order chi connectivity index (χ0) is 32.6. The molecule has 1 amide bonds. The summed E-state index contributed by atoms with van der Waals surface area (Å²) in [4.78, 5) is 31.8. The summed E-state index contributed by atoms with van der Waals surface area (Å²) in [7, 11) is 0. The number of aliphatic hydroxyl groups is 1. The van der Waals surface area contributed by atoms with Gasteiger partial charge in [-0.2, -0.15) is 0 Å². The molecule has 0 aromatic heterocycles. The summed E-state index contributed by atoms with van der Waals surface area (Å²) >= 11 is 3.43. The quantitative estimate of drug-likeness (QED) is 0.120. The maximum absolute atomic E-state index is 14.3. The number of aliphatic imine (C=N–C) groups is 1. The van der Waals surface area contributed by atoms with Gasteiger partial charge in [0.15, 0.2) is 11.6 Å². The molecule has 0 spiro atoms.